The molecular formula is C16H33KNO4S. The van der Waals surface area contributed by atoms with Gasteiger partial charge in [0, 0.05) is 57.4 Å². The molecule has 0 saturated heterocycles. The van der Waals surface area contributed by atoms with Crippen molar-refractivity contribution in [2.45, 2.75) is 90.5 Å². The molecule has 1 amide bonds. The quantitative estimate of drug-likeness (QED) is 0.277. The minimum atomic E-state index is -4.23. The van der Waals surface area contributed by atoms with E-state index in [0.717, 1.165) is 19.3 Å². The van der Waals surface area contributed by atoms with Crippen LogP contribution in [0, 0.1) is 0 Å². The van der Waals surface area contributed by atoms with E-state index in [1.54, 1.807) is 0 Å². The average Bonchev–Trinajstić information content (AvgIpc) is 2.38. The van der Waals surface area contributed by atoms with E-state index in [1.807, 2.05) is 6.92 Å². The molecule has 0 saturated carbocycles. The summed E-state index contributed by atoms with van der Waals surface area (Å²) >= 11 is 0. The van der Waals surface area contributed by atoms with Gasteiger partial charge >= 0.3 is 0 Å². The van der Waals surface area contributed by atoms with Crippen molar-refractivity contribution in [3.63, 3.8) is 0 Å². The van der Waals surface area contributed by atoms with Crippen molar-refractivity contribution in [3.05, 3.63) is 0 Å². The first-order valence-electron chi connectivity index (χ1n) is 8.59. The standard InChI is InChI=1S/C16H33NO4S.K/c1-3-4-5-6-7-8-9-10-11-12-13-15(2)17-16(18)14-22(19,20)21;/h15H,3-14H2,1-2H3,(H,17,18)(H,19,20,21);. The summed E-state index contributed by atoms with van der Waals surface area (Å²) < 4.78 is 29.7. The van der Waals surface area contributed by atoms with Crippen LogP contribution in [0.15, 0.2) is 0 Å². The third-order valence-electron chi connectivity index (χ3n) is 3.71. The molecular weight excluding hydrogens is 341 g/mol. The Morgan fingerprint density at radius 2 is 1.39 bits per heavy atom. The second kappa shape index (κ2) is 16.5. The Morgan fingerprint density at radius 3 is 1.83 bits per heavy atom. The number of amides is 1. The molecule has 0 aliphatic heterocycles. The van der Waals surface area contributed by atoms with Gasteiger partial charge < -0.3 is 5.32 Å². The van der Waals surface area contributed by atoms with Crippen LogP contribution in [0.25, 0.3) is 0 Å². The molecule has 2 N–H and O–H groups in total. The summed E-state index contributed by atoms with van der Waals surface area (Å²) in [5, 5.41) is 2.59. The van der Waals surface area contributed by atoms with Crippen LogP contribution in [0.4, 0.5) is 0 Å². The van der Waals surface area contributed by atoms with Gasteiger partial charge in [-0.2, -0.15) is 8.42 Å². The van der Waals surface area contributed by atoms with Crippen molar-refractivity contribution >= 4 is 67.4 Å². The number of carbonyl (C=O) groups is 1. The predicted molar refractivity (Wildman–Crippen MR) is 96.2 cm³/mol. The van der Waals surface area contributed by atoms with Gasteiger partial charge in [0.05, 0.1) is 0 Å². The van der Waals surface area contributed by atoms with Gasteiger partial charge in [-0.1, -0.05) is 71.1 Å². The maximum absolute atomic E-state index is 11.3. The fourth-order valence-electron chi connectivity index (χ4n) is 2.49. The van der Waals surface area contributed by atoms with Gasteiger partial charge in [-0.25, -0.2) is 0 Å². The molecule has 0 rings (SSSR count). The molecule has 5 nitrogen and oxygen atoms in total. The van der Waals surface area contributed by atoms with E-state index >= 15 is 0 Å². The molecule has 0 bridgehead atoms. The maximum atomic E-state index is 11.3. The molecule has 23 heavy (non-hydrogen) atoms. The second-order valence-corrected chi connectivity index (χ2v) is 7.62. The van der Waals surface area contributed by atoms with E-state index < -0.39 is 21.8 Å². The van der Waals surface area contributed by atoms with E-state index in [4.69, 9.17) is 4.55 Å². The summed E-state index contributed by atoms with van der Waals surface area (Å²) in [6.07, 6.45) is 13.5. The van der Waals surface area contributed by atoms with Crippen molar-refractivity contribution < 1.29 is 17.8 Å². The van der Waals surface area contributed by atoms with Crippen molar-refractivity contribution in [1.29, 1.82) is 0 Å². The molecule has 0 aromatic heterocycles. The zero-order valence-electron chi connectivity index (χ0n) is 15.1. The van der Waals surface area contributed by atoms with Crippen molar-refractivity contribution in [2.75, 3.05) is 5.75 Å². The number of carbonyl (C=O) groups excluding carboxylic acids is 1. The number of hydrogen-bond acceptors (Lipinski definition) is 3. The molecule has 0 aliphatic rings. The van der Waals surface area contributed by atoms with Crippen LogP contribution in [0.5, 0.6) is 0 Å². The smallest absolute Gasteiger partial charge is 0.274 e. The summed E-state index contributed by atoms with van der Waals surface area (Å²) in [4.78, 5) is 11.3. The van der Waals surface area contributed by atoms with Crippen molar-refractivity contribution in [3.8, 4) is 0 Å². The molecule has 133 valence electrons. The van der Waals surface area contributed by atoms with Crippen LogP contribution in [0.2, 0.25) is 0 Å². The first-order chi connectivity index (χ1) is 10.3. The Labute approximate surface area is 184 Å². The summed E-state index contributed by atoms with van der Waals surface area (Å²) in [7, 11) is -4.23. The van der Waals surface area contributed by atoms with Crippen molar-refractivity contribution in [2.24, 2.45) is 0 Å². The first kappa shape index (κ1) is 26.2. The Kier molecular flexibility index (Phi) is 18.8. The van der Waals surface area contributed by atoms with Crippen LogP contribution in [0.3, 0.4) is 0 Å². The van der Waals surface area contributed by atoms with Gasteiger partial charge in [-0.3, -0.25) is 9.35 Å². The Bertz CT molecular complexity index is 388. The zero-order chi connectivity index (χ0) is 16.8. The van der Waals surface area contributed by atoms with Crippen LogP contribution in [-0.2, 0) is 14.9 Å². The van der Waals surface area contributed by atoms with E-state index in [-0.39, 0.29) is 57.4 Å². The third kappa shape index (κ3) is 21.0. The van der Waals surface area contributed by atoms with E-state index in [2.05, 4.69) is 12.2 Å². The normalized spacial score (nSPS) is 12.5. The monoisotopic (exact) mass is 374 g/mol. The summed E-state index contributed by atoms with van der Waals surface area (Å²) in [5.74, 6) is -1.49. The van der Waals surface area contributed by atoms with Crippen molar-refractivity contribution in [1.82, 2.24) is 5.32 Å². The Hall–Kier alpha value is 1.02. The Balaban J connectivity index is 0. The van der Waals surface area contributed by atoms with E-state index in [0.29, 0.717) is 0 Å². The number of unbranched alkanes of at least 4 members (excludes halogenated alkanes) is 9. The maximum Gasteiger partial charge on any atom is 0.274 e. The Morgan fingerprint density at radius 1 is 0.957 bits per heavy atom. The second-order valence-electron chi connectivity index (χ2n) is 6.17. The molecule has 7 heteroatoms. The van der Waals surface area contributed by atoms with Gasteiger partial charge in [0.2, 0.25) is 5.91 Å². The van der Waals surface area contributed by atoms with Gasteiger partial charge in [0.25, 0.3) is 10.1 Å². The van der Waals surface area contributed by atoms with Gasteiger partial charge in [-0.15, -0.1) is 0 Å². The van der Waals surface area contributed by atoms with E-state index in [9.17, 15) is 13.2 Å². The topological polar surface area (TPSA) is 83.5 Å². The minimum Gasteiger partial charge on any atom is -0.353 e. The fourth-order valence-corrected chi connectivity index (χ4v) is 2.91. The largest absolute Gasteiger partial charge is 0.353 e. The third-order valence-corrected chi connectivity index (χ3v) is 4.34. The van der Waals surface area contributed by atoms with Gasteiger partial charge in [0.15, 0.2) is 5.75 Å². The number of nitrogens with one attached hydrogen (secondary N) is 1. The molecule has 1 unspecified atom stereocenters. The predicted octanol–water partition coefficient (Wildman–Crippen LogP) is 3.31. The average molecular weight is 375 g/mol. The fraction of sp³-hybridized carbons (Fsp3) is 0.938. The number of hydrogen-bond donors (Lipinski definition) is 2. The van der Waals surface area contributed by atoms with Crippen LogP contribution in [0.1, 0.15) is 84.5 Å². The minimum absolute atomic E-state index is 0. The summed E-state index contributed by atoms with van der Waals surface area (Å²) in [5.41, 5.74) is 0. The van der Waals surface area contributed by atoms with Gasteiger partial charge in [0.1, 0.15) is 0 Å². The molecule has 0 heterocycles. The van der Waals surface area contributed by atoms with Crippen LogP contribution < -0.4 is 5.32 Å². The molecule has 0 aromatic carbocycles. The van der Waals surface area contributed by atoms with Crippen LogP contribution in [-0.4, -0.2) is 82.1 Å². The van der Waals surface area contributed by atoms with E-state index in [1.165, 1.54) is 51.4 Å². The molecule has 0 aliphatic carbocycles. The molecule has 1 radical (unpaired) electrons. The zero-order valence-corrected chi connectivity index (χ0v) is 19.1. The molecule has 0 fully saturated rings. The van der Waals surface area contributed by atoms with Gasteiger partial charge in [-0.05, 0) is 13.3 Å². The molecule has 0 spiro atoms. The molecule has 0 aromatic rings. The SMILES string of the molecule is CCCCCCCCCCCCC(C)NC(=O)CS(=O)(=O)O.[K]. The molecule has 1 atom stereocenters. The summed E-state index contributed by atoms with van der Waals surface area (Å²) in [6, 6.07) is -0.0525. The number of rotatable bonds is 14. The first-order valence-corrected chi connectivity index (χ1v) is 10.2. The van der Waals surface area contributed by atoms with Crippen LogP contribution >= 0.6 is 0 Å². The summed E-state index contributed by atoms with van der Waals surface area (Å²) in [6.45, 7) is 4.09.